The molecule has 0 spiro atoms. The lowest BCUT2D eigenvalue weighted by Gasteiger charge is -2.25. The summed E-state index contributed by atoms with van der Waals surface area (Å²) in [6.07, 6.45) is 24.6. The summed E-state index contributed by atoms with van der Waals surface area (Å²) in [5.41, 5.74) is 2.83. The van der Waals surface area contributed by atoms with Gasteiger partial charge >= 0.3 is 0 Å². The summed E-state index contributed by atoms with van der Waals surface area (Å²) in [6.45, 7) is 7.37. The Morgan fingerprint density at radius 3 is 1.45 bits per heavy atom. The van der Waals surface area contributed by atoms with Crippen molar-refractivity contribution in [3.05, 3.63) is 70.0 Å². The molecular formula is C36H56BrO. The molecule has 0 saturated carbocycles. The highest BCUT2D eigenvalue weighted by Gasteiger charge is 2.21. The van der Waals surface area contributed by atoms with Crippen molar-refractivity contribution < 1.29 is 4.74 Å². The number of ether oxygens (including phenoxy) is 1. The van der Waals surface area contributed by atoms with Crippen molar-refractivity contribution in [2.24, 2.45) is 0 Å². The van der Waals surface area contributed by atoms with Gasteiger partial charge in [0.1, 0.15) is 5.75 Å². The van der Waals surface area contributed by atoms with Crippen LogP contribution in [0.4, 0.5) is 0 Å². The van der Waals surface area contributed by atoms with Gasteiger partial charge in [-0.25, -0.2) is 0 Å². The fraction of sp³-hybridized carbons (Fsp3) is 0.639. The van der Waals surface area contributed by atoms with Crippen LogP contribution in [0.1, 0.15) is 153 Å². The molecule has 1 unspecified atom stereocenters. The van der Waals surface area contributed by atoms with Gasteiger partial charge in [0, 0.05) is 10.4 Å². The van der Waals surface area contributed by atoms with E-state index in [1.54, 1.807) is 5.92 Å². The maximum absolute atomic E-state index is 5.74. The van der Waals surface area contributed by atoms with E-state index in [0.29, 0.717) is 12.5 Å². The normalized spacial score (nSPS) is 12.2. The van der Waals surface area contributed by atoms with Crippen LogP contribution in [0.3, 0.4) is 0 Å². The van der Waals surface area contributed by atoms with Crippen LogP contribution in [0.2, 0.25) is 0 Å². The topological polar surface area (TPSA) is 9.23 Å². The van der Waals surface area contributed by atoms with Gasteiger partial charge < -0.3 is 4.74 Å². The number of halogens is 1. The third-order valence-electron chi connectivity index (χ3n) is 7.88. The standard InChI is InChI=1S/C36H56BrO/c1-4-7-9-11-13-14-15-17-19-21-31(20-18-16-12-10-8-5-2)30-36(32-22-26-34(37)27-23-32)33-24-28-35(29-25-33)38-6-3/h22-29,36H,4-21,30H2,1-3H3. The summed E-state index contributed by atoms with van der Waals surface area (Å²) < 4.78 is 6.89. The van der Waals surface area contributed by atoms with Crippen molar-refractivity contribution in [2.75, 3.05) is 6.61 Å². The van der Waals surface area contributed by atoms with Crippen LogP contribution in [0.5, 0.6) is 5.75 Å². The monoisotopic (exact) mass is 583 g/mol. The first kappa shape index (κ1) is 32.9. The Balaban J connectivity index is 2.01. The van der Waals surface area contributed by atoms with Gasteiger partial charge in [-0.2, -0.15) is 0 Å². The van der Waals surface area contributed by atoms with Crippen LogP contribution in [0.25, 0.3) is 0 Å². The van der Waals surface area contributed by atoms with Crippen molar-refractivity contribution in [1.29, 1.82) is 0 Å². The number of benzene rings is 2. The second-order valence-electron chi connectivity index (χ2n) is 11.2. The van der Waals surface area contributed by atoms with Gasteiger partial charge in [-0.3, -0.25) is 0 Å². The summed E-state index contributed by atoms with van der Waals surface area (Å²) in [4.78, 5) is 0. The minimum Gasteiger partial charge on any atom is -0.494 e. The number of unbranched alkanes of at least 4 members (excludes halogenated alkanes) is 13. The van der Waals surface area contributed by atoms with Crippen LogP contribution in [-0.4, -0.2) is 6.61 Å². The predicted molar refractivity (Wildman–Crippen MR) is 171 cm³/mol. The largest absolute Gasteiger partial charge is 0.494 e. The molecule has 0 N–H and O–H groups in total. The lowest BCUT2D eigenvalue weighted by molar-refractivity contribution is 0.340. The molecule has 2 aromatic rings. The molecule has 0 aliphatic heterocycles. The second-order valence-corrected chi connectivity index (χ2v) is 12.1. The number of rotatable bonds is 23. The van der Waals surface area contributed by atoms with E-state index in [1.165, 1.54) is 127 Å². The van der Waals surface area contributed by atoms with Crippen LogP contribution in [0.15, 0.2) is 53.0 Å². The van der Waals surface area contributed by atoms with E-state index in [0.717, 1.165) is 10.2 Å². The highest BCUT2D eigenvalue weighted by molar-refractivity contribution is 9.10. The molecule has 0 saturated heterocycles. The van der Waals surface area contributed by atoms with Crippen molar-refractivity contribution in [2.45, 2.75) is 142 Å². The zero-order valence-corrected chi connectivity index (χ0v) is 26.5. The Morgan fingerprint density at radius 2 is 1.00 bits per heavy atom. The van der Waals surface area contributed by atoms with E-state index in [-0.39, 0.29) is 0 Å². The summed E-state index contributed by atoms with van der Waals surface area (Å²) in [6, 6.07) is 17.9. The third-order valence-corrected chi connectivity index (χ3v) is 8.41. The minimum atomic E-state index is 0.410. The van der Waals surface area contributed by atoms with E-state index in [9.17, 15) is 0 Å². The highest BCUT2D eigenvalue weighted by Crippen LogP contribution is 2.37. The van der Waals surface area contributed by atoms with E-state index in [2.05, 4.69) is 85.2 Å². The van der Waals surface area contributed by atoms with Crippen LogP contribution >= 0.6 is 15.9 Å². The van der Waals surface area contributed by atoms with Gasteiger partial charge in [-0.15, -0.1) is 0 Å². The predicted octanol–water partition coefficient (Wildman–Crippen LogP) is 12.6. The molecule has 38 heavy (non-hydrogen) atoms. The Bertz CT molecular complexity index is 797. The maximum atomic E-state index is 5.74. The Morgan fingerprint density at radius 1 is 0.579 bits per heavy atom. The molecule has 2 rings (SSSR count). The second kappa shape index (κ2) is 21.5. The quantitative estimate of drug-likeness (QED) is 0.118. The van der Waals surface area contributed by atoms with Gasteiger partial charge in [0.2, 0.25) is 0 Å². The molecule has 0 aliphatic rings. The molecule has 1 nitrogen and oxygen atoms in total. The molecule has 0 aromatic heterocycles. The maximum Gasteiger partial charge on any atom is 0.119 e. The van der Waals surface area contributed by atoms with Crippen LogP contribution in [0, 0.1) is 5.92 Å². The van der Waals surface area contributed by atoms with Gasteiger partial charge in [0.15, 0.2) is 0 Å². The van der Waals surface area contributed by atoms with E-state index >= 15 is 0 Å². The summed E-state index contributed by atoms with van der Waals surface area (Å²) in [5, 5.41) is 0. The van der Waals surface area contributed by atoms with Crippen LogP contribution in [-0.2, 0) is 0 Å². The molecule has 1 radical (unpaired) electrons. The van der Waals surface area contributed by atoms with Gasteiger partial charge in [-0.05, 0) is 67.5 Å². The van der Waals surface area contributed by atoms with Gasteiger partial charge in [0.05, 0.1) is 6.61 Å². The van der Waals surface area contributed by atoms with E-state index < -0.39 is 0 Å². The molecular weight excluding hydrogens is 528 g/mol. The van der Waals surface area contributed by atoms with Crippen molar-refractivity contribution in [1.82, 2.24) is 0 Å². The molecule has 213 valence electrons. The van der Waals surface area contributed by atoms with Crippen molar-refractivity contribution in [3.63, 3.8) is 0 Å². The molecule has 0 heterocycles. The smallest absolute Gasteiger partial charge is 0.119 e. The first-order valence-electron chi connectivity index (χ1n) is 16.0. The lowest BCUT2D eigenvalue weighted by atomic mass is 9.80. The minimum absolute atomic E-state index is 0.410. The van der Waals surface area contributed by atoms with Crippen LogP contribution < -0.4 is 4.74 Å². The van der Waals surface area contributed by atoms with Gasteiger partial charge in [0.25, 0.3) is 0 Å². The summed E-state index contributed by atoms with van der Waals surface area (Å²) in [5.74, 6) is 3.16. The number of hydrogen-bond acceptors (Lipinski definition) is 1. The molecule has 0 bridgehead atoms. The Labute approximate surface area is 244 Å². The third kappa shape index (κ3) is 14.2. The molecule has 0 fully saturated rings. The zero-order valence-electron chi connectivity index (χ0n) is 24.9. The molecule has 0 aliphatic carbocycles. The molecule has 0 amide bonds. The fourth-order valence-corrected chi connectivity index (χ4v) is 5.81. The Hall–Kier alpha value is -1.28. The van der Waals surface area contributed by atoms with E-state index in [4.69, 9.17) is 4.74 Å². The highest BCUT2D eigenvalue weighted by atomic mass is 79.9. The van der Waals surface area contributed by atoms with Crippen molar-refractivity contribution >= 4 is 15.9 Å². The average molecular weight is 585 g/mol. The van der Waals surface area contributed by atoms with E-state index in [1.807, 2.05) is 0 Å². The first-order chi connectivity index (χ1) is 18.7. The molecule has 2 heteroatoms. The number of hydrogen-bond donors (Lipinski definition) is 0. The molecule has 1 atom stereocenters. The molecule has 2 aromatic carbocycles. The first-order valence-corrected chi connectivity index (χ1v) is 16.8. The van der Waals surface area contributed by atoms with Gasteiger partial charge in [-0.1, -0.05) is 150 Å². The summed E-state index contributed by atoms with van der Waals surface area (Å²) in [7, 11) is 0. The lowest BCUT2D eigenvalue weighted by Crippen LogP contribution is -2.09. The SMILES string of the molecule is CCCCCCCCCCC[C](CCCCCCCC)CC(c1ccc(Br)cc1)c1ccc(OCC)cc1. The zero-order chi connectivity index (χ0) is 27.3. The van der Waals surface area contributed by atoms with Crippen molar-refractivity contribution in [3.8, 4) is 5.75 Å². The fourth-order valence-electron chi connectivity index (χ4n) is 5.55. The summed E-state index contributed by atoms with van der Waals surface area (Å²) >= 11 is 3.64. The average Bonchev–Trinajstić information content (AvgIpc) is 2.93. The Kier molecular flexibility index (Phi) is 18.7.